The van der Waals surface area contributed by atoms with E-state index < -0.39 is 5.82 Å². The molecule has 1 aromatic heterocycles. The summed E-state index contributed by atoms with van der Waals surface area (Å²) in [5.74, 6) is -0.176. The average Bonchev–Trinajstić information content (AvgIpc) is 2.78. The molecule has 0 aliphatic heterocycles. The van der Waals surface area contributed by atoms with Gasteiger partial charge in [-0.2, -0.15) is 5.10 Å². The van der Waals surface area contributed by atoms with Gasteiger partial charge in [-0.1, -0.05) is 12.1 Å². The molecular formula is C12H14FN5O. The van der Waals surface area contributed by atoms with Crippen LogP contribution in [0.4, 0.5) is 10.1 Å². The van der Waals surface area contributed by atoms with Crippen molar-refractivity contribution in [3.63, 3.8) is 0 Å². The summed E-state index contributed by atoms with van der Waals surface area (Å²) in [5.41, 5.74) is 0.172. The minimum atomic E-state index is -0.456. The first kappa shape index (κ1) is 13.2. The van der Waals surface area contributed by atoms with Crippen LogP contribution in [0.15, 0.2) is 30.6 Å². The molecular weight excluding hydrogens is 249 g/mol. The van der Waals surface area contributed by atoms with Gasteiger partial charge in [-0.05, 0) is 12.1 Å². The van der Waals surface area contributed by atoms with E-state index in [2.05, 4.69) is 20.7 Å². The summed E-state index contributed by atoms with van der Waals surface area (Å²) in [4.78, 5) is 15.6. The van der Waals surface area contributed by atoms with Gasteiger partial charge in [0.05, 0.1) is 18.8 Å². The molecule has 1 aromatic carbocycles. The number of para-hydroxylation sites is 1. The van der Waals surface area contributed by atoms with E-state index in [4.69, 9.17) is 0 Å². The van der Waals surface area contributed by atoms with Crippen LogP contribution in [0.5, 0.6) is 0 Å². The maximum absolute atomic E-state index is 13.3. The van der Waals surface area contributed by atoms with Gasteiger partial charge in [-0.25, -0.2) is 9.37 Å². The Labute approximate surface area is 109 Å². The molecule has 19 heavy (non-hydrogen) atoms. The predicted molar refractivity (Wildman–Crippen MR) is 67.7 cm³/mol. The molecule has 0 spiro atoms. The summed E-state index contributed by atoms with van der Waals surface area (Å²) in [7, 11) is 1.77. The van der Waals surface area contributed by atoms with Crippen molar-refractivity contribution in [3.05, 3.63) is 42.2 Å². The third-order valence-corrected chi connectivity index (χ3v) is 2.36. The Morgan fingerprint density at radius 2 is 2.21 bits per heavy atom. The Kier molecular flexibility index (Phi) is 4.19. The van der Waals surface area contributed by atoms with Crippen LogP contribution in [0.1, 0.15) is 5.82 Å². The van der Waals surface area contributed by atoms with Crippen LogP contribution in [-0.2, 0) is 18.4 Å². The highest BCUT2D eigenvalue weighted by Gasteiger charge is 2.06. The van der Waals surface area contributed by atoms with Crippen molar-refractivity contribution in [2.45, 2.75) is 6.54 Å². The van der Waals surface area contributed by atoms with E-state index >= 15 is 0 Å². The molecule has 1 amide bonds. The Bertz CT molecular complexity index is 569. The van der Waals surface area contributed by atoms with E-state index in [1.807, 2.05) is 0 Å². The number of anilines is 1. The number of carbonyl (C=O) groups is 1. The number of nitrogens with zero attached hydrogens (tertiary/aromatic N) is 3. The average molecular weight is 263 g/mol. The first-order valence-corrected chi connectivity index (χ1v) is 5.75. The van der Waals surface area contributed by atoms with E-state index in [9.17, 15) is 9.18 Å². The number of halogens is 1. The molecule has 2 aromatic rings. The second-order valence-corrected chi connectivity index (χ2v) is 3.97. The fourth-order valence-corrected chi connectivity index (χ4v) is 1.51. The minimum absolute atomic E-state index is 0.0621. The van der Waals surface area contributed by atoms with Crippen molar-refractivity contribution in [1.82, 2.24) is 20.1 Å². The lowest BCUT2D eigenvalue weighted by Crippen LogP contribution is -2.28. The molecule has 7 heteroatoms. The molecule has 0 saturated carbocycles. The van der Waals surface area contributed by atoms with Crippen LogP contribution in [0.2, 0.25) is 0 Å². The molecule has 0 unspecified atom stereocenters. The molecule has 0 bridgehead atoms. The first-order chi connectivity index (χ1) is 9.15. The number of rotatable bonds is 5. The van der Waals surface area contributed by atoms with Crippen molar-refractivity contribution in [3.8, 4) is 0 Å². The quantitative estimate of drug-likeness (QED) is 0.832. The largest absolute Gasteiger partial charge is 0.322 e. The van der Waals surface area contributed by atoms with Crippen molar-refractivity contribution in [2.75, 3.05) is 11.9 Å². The highest BCUT2D eigenvalue weighted by atomic mass is 19.1. The van der Waals surface area contributed by atoms with Crippen LogP contribution in [0.3, 0.4) is 0 Å². The van der Waals surface area contributed by atoms with Crippen molar-refractivity contribution < 1.29 is 9.18 Å². The number of aryl methyl sites for hydroxylation is 1. The zero-order chi connectivity index (χ0) is 13.7. The summed E-state index contributed by atoms with van der Waals surface area (Å²) in [6.45, 7) is 0.443. The third kappa shape index (κ3) is 3.85. The highest BCUT2D eigenvalue weighted by Crippen LogP contribution is 2.11. The number of hydrogen-bond donors (Lipinski definition) is 2. The molecule has 100 valence electrons. The number of amides is 1. The molecule has 2 rings (SSSR count). The maximum Gasteiger partial charge on any atom is 0.238 e. The monoisotopic (exact) mass is 263 g/mol. The van der Waals surface area contributed by atoms with Gasteiger partial charge in [0.25, 0.3) is 0 Å². The van der Waals surface area contributed by atoms with Gasteiger partial charge < -0.3 is 10.6 Å². The van der Waals surface area contributed by atoms with Gasteiger partial charge in [0.1, 0.15) is 12.1 Å². The van der Waals surface area contributed by atoms with Gasteiger partial charge in [0.2, 0.25) is 5.91 Å². The van der Waals surface area contributed by atoms with Gasteiger partial charge in [-0.3, -0.25) is 9.48 Å². The zero-order valence-electron chi connectivity index (χ0n) is 10.4. The van der Waals surface area contributed by atoms with Crippen molar-refractivity contribution in [1.29, 1.82) is 0 Å². The SMILES string of the molecule is Cn1cnc(CNCC(=O)Nc2ccccc2F)n1. The Morgan fingerprint density at radius 1 is 1.42 bits per heavy atom. The number of carbonyl (C=O) groups excluding carboxylic acids is 1. The molecule has 0 radical (unpaired) electrons. The van der Waals surface area contributed by atoms with E-state index in [1.54, 1.807) is 30.2 Å². The van der Waals surface area contributed by atoms with Gasteiger partial charge in [-0.15, -0.1) is 0 Å². The summed E-state index contributed by atoms with van der Waals surface area (Å²) >= 11 is 0. The highest BCUT2D eigenvalue weighted by molar-refractivity contribution is 5.92. The fraction of sp³-hybridized carbons (Fsp3) is 0.250. The number of benzene rings is 1. The van der Waals surface area contributed by atoms with E-state index in [1.165, 1.54) is 12.1 Å². The standard InChI is InChI=1S/C12H14FN5O/c1-18-8-15-11(17-18)6-14-7-12(19)16-10-5-3-2-4-9(10)13/h2-5,8,14H,6-7H2,1H3,(H,16,19). The summed E-state index contributed by atoms with van der Waals surface area (Å²) in [6, 6.07) is 6.02. The molecule has 0 fully saturated rings. The molecule has 0 saturated heterocycles. The Balaban J connectivity index is 1.77. The number of aromatic nitrogens is 3. The van der Waals surface area contributed by atoms with Gasteiger partial charge in [0.15, 0.2) is 5.82 Å². The molecule has 0 aliphatic carbocycles. The van der Waals surface area contributed by atoms with Crippen LogP contribution in [0, 0.1) is 5.82 Å². The zero-order valence-corrected chi connectivity index (χ0v) is 10.4. The smallest absolute Gasteiger partial charge is 0.238 e. The third-order valence-electron chi connectivity index (χ3n) is 2.36. The van der Waals surface area contributed by atoms with E-state index in [-0.39, 0.29) is 18.1 Å². The second kappa shape index (κ2) is 6.05. The molecule has 2 N–H and O–H groups in total. The number of hydrogen-bond acceptors (Lipinski definition) is 4. The Hall–Kier alpha value is -2.28. The van der Waals surface area contributed by atoms with E-state index in [0.29, 0.717) is 12.4 Å². The van der Waals surface area contributed by atoms with Crippen molar-refractivity contribution in [2.24, 2.45) is 7.05 Å². The number of nitrogens with one attached hydrogen (secondary N) is 2. The van der Waals surface area contributed by atoms with Crippen molar-refractivity contribution >= 4 is 11.6 Å². The summed E-state index contributed by atoms with van der Waals surface area (Å²) in [5, 5.41) is 9.42. The lowest BCUT2D eigenvalue weighted by atomic mass is 10.3. The van der Waals surface area contributed by atoms with Crippen LogP contribution >= 0.6 is 0 Å². The van der Waals surface area contributed by atoms with Gasteiger partial charge in [0, 0.05) is 7.05 Å². The fourth-order valence-electron chi connectivity index (χ4n) is 1.51. The lowest BCUT2D eigenvalue weighted by Gasteiger charge is -2.06. The predicted octanol–water partition coefficient (Wildman–Crippen LogP) is 0.682. The minimum Gasteiger partial charge on any atom is -0.322 e. The molecule has 1 heterocycles. The Morgan fingerprint density at radius 3 is 2.89 bits per heavy atom. The summed E-state index contributed by atoms with van der Waals surface area (Å²) in [6.07, 6.45) is 1.58. The lowest BCUT2D eigenvalue weighted by molar-refractivity contribution is -0.115. The topological polar surface area (TPSA) is 71.8 Å². The molecule has 0 atom stereocenters. The maximum atomic E-state index is 13.3. The van der Waals surface area contributed by atoms with E-state index in [0.717, 1.165) is 0 Å². The summed E-state index contributed by atoms with van der Waals surface area (Å²) < 4.78 is 14.9. The normalized spacial score (nSPS) is 10.4. The van der Waals surface area contributed by atoms with Gasteiger partial charge >= 0.3 is 0 Å². The second-order valence-electron chi connectivity index (χ2n) is 3.97. The van der Waals surface area contributed by atoms with Crippen LogP contribution in [0.25, 0.3) is 0 Å². The van der Waals surface area contributed by atoms with Crippen LogP contribution in [-0.4, -0.2) is 27.2 Å². The molecule has 0 aliphatic rings. The first-order valence-electron chi connectivity index (χ1n) is 5.75. The van der Waals surface area contributed by atoms with Crippen LogP contribution < -0.4 is 10.6 Å². The molecule has 6 nitrogen and oxygen atoms in total.